The third-order valence-electron chi connectivity index (χ3n) is 12.7. The number of rotatable bonds is 8. The standard InChI is InChI=1S/C46H63N9O6S2/c1-10-53-36-16-15-30-23-32(36)33(41(53)31-13-11-17-47-39(31)29(4)60-9)25-46(5,6)27-61-44(58)37-14-12-18-54(55(37)62)43(57)34(24-38-48-35(30)26-63-38)49-42(56)40(28(2)3)51(8)45(59)52-21-19-50(7)20-22-52/h11,13,15-17,23,26,28-29,34,37,40,62H,10,12,14,18-22,24-25,27H2,1-9H3,(H,49,56)/t29-,34-,37-,40-/m0/s1. The van der Waals surface area contributed by atoms with Gasteiger partial charge in [-0.25, -0.2) is 9.78 Å². The van der Waals surface area contributed by atoms with Crippen LogP contribution in [0.2, 0.25) is 0 Å². The average Bonchev–Trinajstić information content (AvgIpc) is 3.86. The summed E-state index contributed by atoms with van der Waals surface area (Å²) in [6.07, 6.45) is 3.17. The molecule has 17 heteroatoms. The number of methoxy groups -OCH3 is 1. The van der Waals surface area contributed by atoms with E-state index < -0.39 is 41.3 Å². The number of fused-ring (bicyclic) bond motifs is 6. The van der Waals surface area contributed by atoms with Crippen molar-refractivity contribution in [3.05, 3.63) is 58.2 Å². The second-order valence-electron chi connectivity index (χ2n) is 18.3. The molecule has 2 saturated heterocycles. The number of carbonyl (C=O) groups excluding carboxylic acids is 4. The summed E-state index contributed by atoms with van der Waals surface area (Å²) in [5.74, 6) is -1.61. The molecule has 4 amide bonds. The molecule has 1 N–H and O–H groups in total. The Morgan fingerprint density at radius 1 is 1.11 bits per heavy atom. The van der Waals surface area contributed by atoms with Crippen molar-refractivity contribution in [1.29, 1.82) is 0 Å². The number of thiazole rings is 1. The highest BCUT2D eigenvalue weighted by Crippen LogP contribution is 2.42. The van der Waals surface area contributed by atoms with Gasteiger partial charge in [-0.2, -0.15) is 4.41 Å². The van der Waals surface area contributed by atoms with Gasteiger partial charge >= 0.3 is 12.0 Å². The van der Waals surface area contributed by atoms with Crippen LogP contribution in [0.1, 0.15) is 76.8 Å². The van der Waals surface area contributed by atoms with E-state index in [9.17, 15) is 19.2 Å². The van der Waals surface area contributed by atoms with Gasteiger partial charge in [0.05, 0.1) is 34.8 Å². The number of aromatic nitrogens is 3. The minimum Gasteiger partial charge on any atom is -0.464 e. The van der Waals surface area contributed by atoms with E-state index in [0.29, 0.717) is 50.4 Å². The molecule has 15 nitrogen and oxygen atoms in total. The van der Waals surface area contributed by atoms with Crippen molar-refractivity contribution < 1.29 is 28.7 Å². The number of benzene rings is 1. The van der Waals surface area contributed by atoms with E-state index in [1.807, 2.05) is 39.3 Å². The summed E-state index contributed by atoms with van der Waals surface area (Å²) < 4.78 is 15.7. The third kappa shape index (κ3) is 9.63. The molecule has 7 rings (SSSR count). The predicted molar refractivity (Wildman–Crippen MR) is 248 cm³/mol. The van der Waals surface area contributed by atoms with Crippen molar-refractivity contribution in [3.8, 4) is 22.5 Å². The first-order valence-corrected chi connectivity index (χ1v) is 23.4. The summed E-state index contributed by atoms with van der Waals surface area (Å²) in [6.45, 7) is 15.8. The fourth-order valence-electron chi connectivity index (χ4n) is 9.20. The van der Waals surface area contributed by atoms with Crippen molar-refractivity contribution in [2.75, 3.05) is 60.5 Å². The number of cyclic esters (lactones) is 1. The van der Waals surface area contributed by atoms with Crippen LogP contribution in [0.4, 0.5) is 4.79 Å². The molecule has 63 heavy (non-hydrogen) atoms. The normalized spacial score (nSPS) is 21.3. The molecule has 0 unspecified atom stereocenters. The highest BCUT2D eigenvalue weighted by Gasteiger charge is 2.42. The lowest BCUT2D eigenvalue weighted by atomic mass is 9.84. The zero-order valence-corrected chi connectivity index (χ0v) is 39.8. The molecule has 4 atom stereocenters. The molecule has 6 heterocycles. The highest BCUT2D eigenvalue weighted by molar-refractivity contribution is 7.77. The molecule has 3 aliphatic heterocycles. The maximum Gasteiger partial charge on any atom is 0.326 e. The molecule has 6 bridgehead atoms. The fraction of sp³-hybridized carbons (Fsp3) is 0.565. The average molecular weight is 902 g/mol. The molecular formula is C46H63N9O6S2. The fourth-order valence-corrected chi connectivity index (χ4v) is 10.4. The van der Waals surface area contributed by atoms with Gasteiger partial charge in [0.25, 0.3) is 5.91 Å². The number of amides is 4. The molecule has 3 aliphatic rings. The van der Waals surface area contributed by atoms with Gasteiger partial charge in [-0.05, 0) is 75.9 Å². The summed E-state index contributed by atoms with van der Waals surface area (Å²) in [6, 6.07) is 7.44. The third-order valence-corrected chi connectivity index (χ3v) is 14.1. The van der Waals surface area contributed by atoms with Crippen LogP contribution in [-0.4, -0.2) is 141 Å². The molecule has 3 aromatic heterocycles. The minimum atomic E-state index is -1.08. The lowest BCUT2D eigenvalue weighted by molar-refractivity contribution is -0.164. The number of nitrogens with one attached hydrogen (secondary N) is 1. The second kappa shape index (κ2) is 19.3. The first-order valence-electron chi connectivity index (χ1n) is 22.1. The monoisotopic (exact) mass is 901 g/mol. The highest BCUT2D eigenvalue weighted by atomic mass is 32.1. The Morgan fingerprint density at radius 3 is 2.56 bits per heavy atom. The number of hydrazine groups is 1. The quantitative estimate of drug-likeness (QED) is 0.158. The number of hydrogen-bond donors (Lipinski definition) is 2. The zero-order chi connectivity index (χ0) is 45.3. The number of esters is 1. The van der Waals surface area contributed by atoms with Crippen molar-refractivity contribution in [3.63, 3.8) is 0 Å². The van der Waals surface area contributed by atoms with Crippen LogP contribution >= 0.6 is 24.2 Å². The summed E-state index contributed by atoms with van der Waals surface area (Å²) in [5.41, 5.74) is 6.16. The number of piperazine rings is 1. The Morgan fingerprint density at radius 2 is 1.86 bits per heavy atom. The van der Waals surface area contributed by atoms with Crippen LogP contribution in [0, 0.1) is 11.3 Å². The Kier molecular flexibility index (Phi) is 14.2. The van der Waals surface area contributed by atoms with Crippen LogP contribution in [0.5, 0.6) is 0 Å². The first kappa shape index (κ1) is 46.4. The molecular weight excluding hydrogens is 839 g/mol. The van der Waals surface area contributed by atoms with Gasteiger partial charge in [0.2, 0.25) is 5.91 Å². The number of carbonyl (C=O) groups is 4. The molecule has 1 aromatic carbocycles. The van der Waals surface area contributed by atoms with Gasteiger partial charge in [0.1, 0.15) is 18.1 Å². The number of pyridine rings is 1. The van der Waals surface area contributed by atoms with Crippen molar-refractivity contribution >= 4 is 58.9 Å². The zero-order valence-electron chi connectivity index (χ0n) is 38.1. The molecule has 0 saturated carbocycles. The number of aryl methyl sites for hydroxylation is 1. The van der Waals surface area contributed by atoms with Gasteiger partial charge < -0.3 is 34.1 Å². The van der Waals surface area contributed by atoms with Gasteiger partial charge in [0.15, 0.2) is 0 Å². The number of ether oxygens (including phenoxy) is 2. The topological polar surface area (TPSA) is 146 Å². The summed E-state index contributed by atoms with van der Waals surface area (Å²) in [4.78, 5) is 72.3. The largest absolute Gasteiger partial charge is 0.464 e. The van der Waals surface area contributed by atoms with E-state index >= 15 is 0 Å². The molecule has 0 aliphatic carbocycles. The molecule has 4 aromatic rings. The number of urea groups is 1. The van der Waals surface area contributed by atoms with Gasteiger partial charge in [-0.15, -0.1) is 11.3 Å². The maximum absolute atomic E-state index is 14.7. The molecule has 340 valence electrons. The van der Waals surface area contributed by atoms with E-state index in [2.05, 4.69) is 59.8 Å². The van der Waals surface area contributed by atoms with Crippen LogP contribution < -0.4 is 5.32 Å². The van der Waals surface area contributed by atoms with Crippen LogP contribution in [0.25, 0.3) is 33.4 Å². The van der Waals surface area contributed by atoms with E-state index in [1.165, 1.54) is 25.7 Å². The molecule has 0 spiro atoms. The Labute approximate surface area is 380 Å². The molecule has 2 fully saturated rings. The number of thiol groups is 1. The maximum atomic E-state index is 14.7. The summed E-state index contributed by atoms with van der Waals surface area (Å²) in [5, 5.41) is 8.17. The lowest BCUT2D eigenvalue weighted by Gasteiger charge is -2.41. The lowest BCUT2D eigenvalue weighted by Crippen LogP contribution is -2.62. The van der Waals surface area contributed by atoms with E-state index in [-0.39, 0.29) is 31.1 Å². The van der Waals surface area contributed by atoms with Crippen LogP contribution in [-0.2, 0) is 43.2 Å². The SMILES string of the molecule is CCn1c(-c2cccnc2[C@H](C)OC)c2c3cc(ccc31)-c1csc(n1)C[C@H](NC(=O)[C@H](C(C)C)N(C)C(=O)N1CCN(C)CC1)C(=O)N1CCC[C@@H](C(=O)OCC(C)(C)C2)N1S. The van der Waals surface area contributed by atoms with Crippen molar-refractivity contribution in [1.82, 2.24) is 44.0 Å². The predicted octanol–water partition coefficient (Wildman–Crippen LogP) is 6.08. The van der Waals surface area contributed by atoms with Gasteiger partial charge in [-0.1, -0.05) is 46.6 Å². The Hall–Kier alpha value is -4.55. The number of hydrogen-bond acceptors (Lipinski definition) is 12. The minimum absolute atomic E-state index is 0.0862. The van der Waals surface area contributed by atoms with E-state index in [1.54, 1.807) is 25.3 Å². The van der Waals surface area contributed by atoms with Gasteiger partial charge in [-0.3, -0.25) is 24.4 Å². The number of nitrogens with zero attached hydrogens (tertiary/aromatic N) is 8. The van der Waals surface area contributed by atoms with Crippen LogP contribution in [0.3, 0.4) is 0 Å². The van der Waals surface area contributed by atoms with Crippen molar-refractivity contribution in [2.45, 2.75) is 98.0 Å². The summed E-state index contributed by atoms with van der Waals surface area (Å²) >= 11 is 6.18. The molecule has 0 radical (unpaired) electrons. The van der Waals surface area contributed by atoms with E-state index in [0.717, 1.165) is 57.8 Å². The second-order valence-corrected chi connectivity index (χ2v) is 19.6. The van der Waals surface area contributed by atoms with Gasteiger partial charge in [0, 0.05) is 98.9 Å². The Balaban J connectivity index is 1.30. The smallest absolute Gasteiger partial charge is 0.326 e. The summed E-state index contributed by atoms with van der Waals surface area (Å²) in [7, 11) is 5.36. The van der Waals surface area contributed by atoms with E-state index in [4.69, 9.17) is 32.3 Å². The first-order chi connectivity index (χ1) is 30.0. The number of likely N-dealkylation sites (N-methyl/N-ethyl adjacent to an activating group) is 2. The van der Waals surface area contributed by atoms with Crippen molar-refractivity contribution in [2.24, 2.45) is 11.3 Å². The Bertz CT molecular complexity index is 2320. The van der Waals surface area contributed by atoms with Crippen LogP contribution in [0.15, 0.2) is 41.9 Å².